The van der Waals surface area contributed by atoms with Crippen LogP contribution in [-0.2, 0) is 17.7 Å². The van der Waals surface area contributed by atoms with Crippen LogP contribution in [0.25, 0.3) is 5.57 Å². The lowest BCUT2D eigenvalue weighted by atomic mass is 10.0. The molecule has 5 rings (SSSR count). The summed E-state index contributed by atoms with van der Waals surface area (Å²) in [5.41, 5.74) is 8.24. The number of hydrogen-bond acceptors (Lipinski definition) is 7. The molecule has 1 unspecified atom stereocenters. The first kappa shape index (κ1) is 17.9. The van der Waals surface area contributed by atoms with Crippen LogP contribution >= 0.6 is 0 Å². The van der Waals surface area contributed by atoms with Crippen LogP contribution in [0.2, 0.25) is 0 Å². The van der Waals surface area contributed by atoms with Crippen molar-refractivity contribution in [3.05, 3.63) is 57.5 Å². The van der Waals surface area contributed by atoms with E-state index in [1.807, 2.05) is 13.0 Å². The monoisotopic (exact) mass is 394 g/mol. The summed E-state index contributed by atoms with van der Waals surface area (Å²) in [6.07, 6.45) is 3.65. The van der Waals surface area contributed by atoms with E-state index in [2.05, 4.69) is 27.2 Å². The molecule has 1 amide bonds. The van der Waals surface area contributed by atoms with E-state index >= 15 is 0 Å². The molecule has 29 heavy (non-hydrogen) atoms. The van der Waals surface area contributed by atoms with Gasteiger partial charge in [0.15, 0.2) is 5.82 Å². The maximum Gasteiger partial charge on any atom is 0.414 e. The van der Waals surface area contributed by atoms with Gasteiger partial charge in [-0.1, -0.05) is 0 Å². The van der Waals surface area contributed by atoms with E-state index in [9.17, 15) is 9.59 Å². The van der Waals surface area contributed by atoms with Crippen molar-refractivity contribution in [3.63, 3.8) is 0 Å². The van der Waals surface area contributed by atoms with E-state index in [0.717, 1.165) is 41.1 Å². The molecule has 0 aliphatic carbocycles. The Morgan fingerprint density at radius 1 is 1.21 bits per heavy atom. The molecule has 0 saturated carbocycles. The van der Waals surface area contributed by atoms with Crippen LogP contribution in [0.3, 0.4) is 0 Å². The van der Waals surface area contributed by atoms with E-state index in [1.54, 1.807) is 17.3 Å². The van der Waals surface area contributed by atoms with Crippen LogP contribution in [0.15, 0.2) is 34.9 Å². The minimum atomic E-state index is -0.328. The summed E-state index contributed by atoms with van der Waals surface area (Å²) in [5.74, 6) is 0.653. The number of rotatable bonds is 2. The smallest absolute Gasteiger partial charge is 0.414 e. The fourth-order valence-electron chi connectivity index (χ4n) is 4.18. The van der Waals surface area contributed by atoms with Gasteiger partial charge in [0.1, 0.15) is 12.8 Å². The third kappa shape index (κ3) is 2.89. The molecule has 9 nitrogen and oxygen atoms in total. The molecule has 0 spiro atoms. The molecular weight excluding hydrogens is 372 g/mol. The number of allylic oxidation sites excluding steroid dienone is 1. The van der Waals surface area contributed by atoms with Crippen molar-refractivity contribution in [2.24, 2.45) is 0 Å². The molecule has 1 atom stereocenters. The predicted molar refractivity (Wildman–Crippen MR) is 107 cm³/mol. The van der Waals surface area contributed by atoms with Gasteiger partial charge < -0.3 is 4.74 Å². The highest BCUT2D eigenvalue weighted by Gasteiger charge is 2.32. The van der Waals surface area contributed by atoms with Crippen molar-refractivity contribution < 1.29 is 9.53 Å². The van der Waals surface area contributed by atoms with Gasteiger partial charge in [0.2, 0.25) is 0 Å². The Balaban J connectivity index is 1.45. The summed E-state index contributed by atoms with van der Waals surface area (Å²) in [4.78, 5) is 37.1. The maximum atomic E-state index is 12.3. The molecule has 2 aromatic rings. The van der Waals surface area contributed by atoms with Crippen LogP contribution in [-0.4, -0.2) is 51.5 Å². The predicted octanol–water partition coefficient (Wildman–Crippen LogP) is 1.33. The molecule has 5 heterocycles. The number of pyridine rings is 1. The third-order valence-electron chi connectivity index (χ3n) is 5.93. The minimum absolute atomic E-state index is 0.113. The van der Waals surface area contributed by atoms with Gasteiger partial charge in [-0.05, 0) is 36.6 Å². The van der Waals surface area contributed by atoms with E-state index < -0.39 is 0 Å². The number of carbonyl (C=O) groups is 1. The van der Waals surface area contributed by atoms with E-state index in [-0.39, 0.29) is 17.8 Å². The van der Waals surface area contributed by atoms with Crippen molar-refractivity contribution in [1.82, 2.24) is 19.5 Å². The Kier molecular flexibility index (Phi) is 4.13. The van der Waals surface area contributed by atoms with Crippen molar-refractivity contribution in [2.45, 2.75) is 33.0 Å². The number of amides is 1. The molecule has 3 aliphatic rings. The fourth-order valence-corrected chi connectivity index (χ4v) is 4.18. The fraction of sp³-hybridized carbons (Fsp3) is 0.400. The van der Waals surface area contributed by atoms with Gasteiger partial charge in [0.05, 0.1) is 18.4 Å². The first-order chi connectivity index (χ1) is 14.0. The van der Waals surface area contributed by atoms with Crippen LogP contribution in [0.1, 0.15) is 30.9 Å². The SMILES string of the molecule is CC1=C(C)C(N2CCc3ncc(N4CCOC4=O)cc3C2)Nn2c1nccc2=O. The van der Waals surface area contributed by atoms with Crippen molar-refractivity contribution in [2.75, 3.05) is 30.0 Å². The first-order valence-corrected chi connectivity index (χ1v) is 9.71. The normalized spacial score (nSPS) is 21.5. The molecule has 0 radical (unpaired) electrons. The first-order valence-electron chi connectivity index (χ1n) is 9.71. The average molecular weight is 394 g/mol. The minimum Gasteiger partial charge on any atom is -0.447 e. The lowest BCUT2D eigenvalue weighted by Crippen LogP contribution is -2.52. The summed E-state index contributed by atoms with van der Waals surface area (Å²) in [6, 6.07) is 3.48. The van der Waals surface area contributed by atoms with E-state index in [0.29, 0.717) is 25.5 Å². The van der Waals surface area contributed by atoms with E-state index in [4.69, 9.17) is 4.74 Å². The summed E-state index contributed by atoms with van der Waals surface area (Å²) in [5, 5.41) is 0. The summed E-state index contributed by atoms with van der Waals surface area (Å²) < 4.78 is 6.57. The number of fused-ring (bicyclic) bond motifs is 2. The van der Waals surface area contributed by atoms with Crippen molar-refractivity contribution in [3.8, 4) is 0 Å². The molecule has 1 fully saturated rings. The van der Waals surface area contributed by atoms with Crippen molar-refractivity contribution >= 4 is 17.4 Å². The Hall–Kier alpha value is -3.20. The maximum absolute atomic E-state index is 12.3. The number of nitrogens with zero attached hydrogens (tertiary/aromatic N) is 5. The number of cyclic esters (lactones) is 1. The standard InChI is InChI=1S/C20H22N6O3/c1-12-13(2)19(23-26-17(27)3-5-21-18(12)26)24-6-4-16-14(11-24)9-15(10-22-16)25-7-8-29-20(25)28/h3,5,9-10,19,23H,4,6-8,11H2,1-2H3. The molecule has 1 saturated heterocycles. The zero-order valence-corrected chi connectivity index (χ0v) is 16.4. The van der Waals surface area contributed by atoms with Gasteiger partial charge in [-0.2, -0.15) is 0 Å². The molecule has 9 heteroatoms. The molecule has 0 bridgehead atoms. The molecular formula is C20H22N6O3. The second kappa shape index (κ2) is 6.70. The Morgan fingerprint density at radius 3 is 2.86 bits per heavy atom. The summed E-state index contributed by atoms with van der Waals surface area (Å²) in [7, 11) is 0. The Morgan fingerprint density at radius 2 is 2.07 bits per heavy atom. The highest BCUT2D eigenvalue weighted by atomic mass is 16.6. The highest BCUT2D eigenvalue weighted by molar-refractivity contribution is 5.89. The van der Waals surface area contributed by atoms with Gasteiger partial charge in [0, 0.05) is 37.5 Å². The zero-order chi connectivity index (χ0) is 20.1. The Bertz CT molecular complexity index is 1090. The Labute approximate surface area is 167 Å². The number of nitrogens with one attached hydrogen (secondary N) is 1. The third-order valence-corrected chi connectivity index (χ3v) is 5.93. The average Bonchev–Trinajstić information content (AvgIpc) is 3.16. The van der Waals surface area contributed by atoms with Crippen LogP contribution < -0.4 is 15.9 Å². The van der Waals surface area contributed by atoms with Gasteiger partial charge in [0.25, 0.3) is 5.56 Å². The second-order valence-electron chi connectivity index (χ2n) is 7.57. The highest BCUT2D eigenvalue weighted by Crippen LogP contribution is 2.29. The zero-order valence-electron chi connectivity index (χ0n) is 16.4. The molecule has 0 aromatic carbocycles. The molecule has 1 N–H and O–H groups in total. The van der Waals surface area contributed by atoms with Gasteiger partial charge in [-0.25, -0.2) is 14.5 Å². The quantitative estimate of drug-likeness (QED) is 0.821. The van der Waals surface area contributed by atoms with Crippen LogP contribution in [0, 0.1) is 0 Å². The number of aromatic nitrogens is 3. The van der Waals surface area contributed by atoms with Gasteiger partial charge in [-0.3, -0.25) is 25.0 Å². The summed E-state index contributed by atoms with van der Waals surface area (Å²) in [6.45, 7) is 6.50. The number of carbonyl (C=O) groups excluding carboxylic acids is 1. The lowest BCUT2D eigenvalue weighted by Gasteiger charge is -2.40. The topological polar surface area (TPSA) is 92.6 Å². The lowest BCUT2D eigenvalue weighted by molar-refractivity contribution is 0.181. The second-order valence-corrected chi connectivity index (χ2v) is 7.57. The van der Waals surface area contributed by atoms with Crippen molar-refractivity contribution in [1.29, 1.82) is 0 Å². The van der Waals surface area contributed by atoms with Crippen LogP contribution in [0.5, 0.6) is 0 Å². The van der Waals surface area contributed by atoms with E-state index in [1.165, 1.54) is 10.7 Å². The van der Waals surface area contributed by atoms with Crippen LogP contribution in [0.4, 0.5) is 10.5 Å². The summed E-state index contributed by atoms with van der Waals surface area (Å²) >= 11 is 0. The number of hydrogen-bond donors (Lipinski definition) is 1. The van der Waals surface area contributed by atoms with Gasteiger partial charge >= 0.3 is 6.09 Å². The van der Waals surface area contributed by atoms with Gasteiger partial charge in [-0.15, -0.1) is 0 Å². The number of anilines is 1. The molecule has 3 aliphatic heterocycles. The molecule has 2 aromatic heterocycles. The number of ether oxygens (including phenoxy) is 1. The largest absolute Gasteiger partial charge is 0.447 e. The molecule has 150 valence electrons.